The molecule has 4 heteroatoms. The molecule has 0 radical (unpaired) electrons. The van der Waals surface area contributed by atoms with Crippen LogP contribution in [-0.4, -0.2) is 45.7 Å². The minimum absolute atomic E-state index is 0.161. The van der Waals surface area contributed by atoms with Crippen molar-refractivity contribution in [1.29, 1.82) is 0 Å². The summed E-state index contributed by atoms with van der Waals surface area (Å²) in [4.78, 5) is 10.1. The molecule has 1 aromatic carbocycles. The topological polar surface area (TPSA) is 52.1 Å². The molecule has 0 aliphatic carbocycles. The highest BCUT2D eigenvalue weighted by Crippen LogP contribution is 2.33. The van der Waals surface area contributed by atoms with Gasteiger partial charge in [0.15, 0.2) is 0 Å². The number of hydrogen-bond acceptors (Lipinski definition) is 3. The molecule has 1 saturated heterocycles. The highest BCUT2D eigenvalue weighted by molar-refractivity contribution is 5.80. The molecule has 1 fully saturated rings. The van der Waals surface area contributed by atoms with Crippen LogP contribution in [0.1, 0.15) is 42.7 Å². The summed E-state index contributed by atoms with van der Waals surface area (Å²) in [6.07, 6.45) is 5.90. The molecular formula is C22H27N3O. The molecule has 2 N–H and O–H groups in total. The molecule has 0 amide bonds. The Hall–Kier alpha value is -2.17. The smallest absolute Gasteiger partial charge is 0.137 e. The summed E-state index contributed by atoms with van der Waals surface area (Å²) in [5, 5.41) is 11.9. The second-order valence-electron chi connectivity index (χ2n) is 7.49. The van der Waals surface area contributed by atoms with E-state index in [0.717, 1.165) is 38.1 Å². The number of nitrogens with one attached hydrogen (secondary N) is 1. The molecule has 0 spiro atoms. The third-order valence-corrected chi connectivity index (χ3v) is 5.86. The summed E-state index contributed by atoms with van der Waals surface area (Å²) in [6.45, 7) is 4.94. The molecule has 3 aromatic rings. The number of aromatic nitrogens is 2. The van der Waals surface area contributed by atoms with Crippen molar-refractivity contribution in [2.24, 2.45) is 0 Å². The fourth-order valence-corrected chi connectivity index (χ4v) is 4.14. The Bertz CT molecular complexity index is 837. The number of aromatic amines is 1. The average molecular weight is 349 g/mol. The number of piperidine rings is 1. The van der Waals surface area contributed by atoms with Gasteiger partial charge in [-0.25, -0.2) is 4.98 Å². The Morgan fingerprint density at radius 3 is 2.69 bits per heavy atom. The van der Waals surface area contributed by atoms with Gasteiger partial charge in [-0.05, 0) is 55.1 Å². The van der Waals surface area contributed by atoms with Crippen LogP contribution in [0.25, 0.3) is 11.0 Å². The SMILES string of the molecule is C[C@@H](c1ccccc1)[C@H](O)CN1CCC(c2c[nH]c3ncccc23)CC1. The van der Waals surface area contributed by atoms with E-state index in [2.05, 4.69) is 46.2 Å². The van der Waals surface area contributed by atoms with Crippen LogP contribution >= 0.6 is 0 Å². The Balaban J connectivity index is 1.35. The zero-order valence-electron chi connectivity index (χ0n) is 15.3. The Morgan fingerprint density at radius 2 is 1.92 bits per heavy atom. The molecule has 4 nitrogen and oxygen atoms in total. The largest absolute Gasteiger partial charge is 0.391 e. The third-order valence-electron chi connectivity index (χ3n) is 5.86. The van der Waals surface area contributed by atoms with E-state index in [-0.39, 0.29) is 12.0 Å². The van der Waals surface area contributed by atoms with E-state index in [9.17, 15) is 5.11 Å². The van der Waals surface area contributed by atoms with Crippen LogP contribution in [-0.2, 0) is 0 Å². The van der Waals surface area contributed by atoms with Crippen LogP contribution < -0.4 is 0 Å². The number of β-amino-alcohol motifs (C(OH)–C–C–N with tert-alkyl or cyclic N) is 1. The van der Waals surface area contributed by atoms with Crippen molar-refractivity contribution < 1.29 is 5.11 Å². The van der Waals surface area contributed by atoms with E-state index < -0.39 is 0 Å². The number of rotatable bonds is 5. The van der Waals surface area contributed by atoms with Crippen LogP contribution in [0.5, 0.6) is 0 Å². The van der Waals surface area contributed by atoms with Crippen molar-refractivity contribution in [2.45, 2.75) is 37.7 Å². The predicted molar refractivity (Wildman–Crippen MR) is 105 cm³/mol. The average Bonchev–Trinajstić information content (AvgIpc) is 3.13. The lowest BCUT2D eigenvalue weighted by Gasteiger charge is -2.34. The molecule has 3 heterocycles. The lowest BCUT2D eigenvalue weighted by molar-refractivity contribution is 0.0814. The van der Waals surface area contributed by atoms with E-state index in [4.69, 9.17) is 0 Å². The summed E-state index contributed by atoms with van der Waals surface area (Å²) >= 11 is 0. The summed E-state index contributed by atoms with van der Waals surface area (Å²) < 4.78 is 0. The minimum atomic E-state index is -0.328. The summed E-state index contributed by atoms with van der Waals surface area (Å²) in [5.41, 5.74) is 3.59. The summed E-state index contributed by atoms with van der Waals surface area (Å²) in [6, 6.07) is 14.5. The van der Waals surface area contributed by atoms with Gasteiger partial charge in [-0.2, -0.15) is 0 Å². The Labute approximate surface area is 154 Å². The highest BCUT2D eigenvalue weighted by atomic mass is 16.3. The highest BCUT2D eigenvalue weighted by Gasteiger charge is 2.26. The maximum absolute atomic E-state index is 10.7. The normalized spacial score (nSPS) is 18.8. The maximum atomic E-state index is 10.7. The lowest BCUT2D eigenvalue weighted by atomic mass is 9.88. The van der Waals surface area contributed by atoms with Gasteiger partial charge in [0, 0.05) is 30.2 Å². The zero-order chi connectivity index (χ0) is 17.9. The number of aliphatic hydroxyl groups excluding tert-OH is 1. The first-order valence-corrected chi connectivity index (χ1v) is 9.59. The monoisotopic (exact) mass is 349 g/mol. The first kappa shape index (κ1) is 17.3. The van der Waals surface area contributed by atoms with Crippen LogP contribution in [0.4, 0.5) is 0 Å². The number of H-pyrrole nitrogens is 1. The molecule has 2 atom stereocenters. The van der Waals surface area contributed by atoms with Crippen LogP contribution in [0.3, 0.4) is 0 Å². The molecule has 0 bridgehead atoms. The number of pyridine rings is 1. The van der Waals surface area contributed by atoms with Crippen LogP contribution in [0, 0.1) is 0 Å². The quantitative estimate of drug-likeness (QED) is 0.734. The van der Waals surface area contributed by atoms with Gasteiger partial charge in [-0.15, -0.1) is 0 Å². The standard InChI is InChI=1S/C22H27N3O/c1-16(17-6-3-2-4-7-17)21(26)15-25-12-9-18(10-13-25)20-14-24-22-19(20)8-5-11-23-22/h2-8,11,14,16,18,21,26H,9-10,12-13,15H2,1H3,(H,23,24)/t16-,21+/m0/s1. The van der Waals surface area contributed by atoms with E-state index in [1.54, 1.807) is 0 Å². The maximum Gasteiger partial charge on any atom is 0.137 e. The van der Waals surface area contributed by atoms with E-state index in [0.29, 0.717) is 5.92 Å². The fourth-order valence-electron chi connectivity index (χ4n) is 4.14. The number of hydrogen-bond donors (Lipinski definition) is 2. The van der Waals surface area contributed by atoms with Gasteiger partial charge < -0.3 is 15.0 Å². The molecule has 136 valence electrons. The summed E-state index contributed by atoms with van der Waals surface area (Å²) in [7, 11) is 0. The number of aliphatic hydroxyl groups is 1. The first-order chi connectivity index (χ1) is 12.7. The third kappa shape index (κ3) is 3.53. The van der Waals surface area contributed by atoms with E-state index in [1.807, 2.05) is 30.5 Å². The van der Waals surface area contributed by atoms with Crippen molar-refractivity contribution in [3.05, 3.63) is 66.0 Å². The van der Waals surface area contributed by atoms with E-state index >= 15 is 0 Å². The van der Waals surface area contributed by atoms with Gasteiger partial charge >= 0.3 is 0 Å². The molecule has 0 saturated carbocycles. The second kappa shape index (κ2) is 7.60. The minimum Gasteiger partial charge on any atom is -0.391 e. The molecule has 1 aliphatic heterocycles. The van der Waals surface area contributed by atoms with Gasteiger partial charge in [0.25, 0.3) is 0 Å². The van der Waals surface area contributed by atoms with Crippen molar-refractivity contribution in [3.8, 4) is 0 Å². The number of likely N-dealkylation sites (tertiary alicyclic amines) is 1. The van der Waals surface area contributed by atoms with Gasteiger partial charge in [0.1, 0.15) is 5.65 Å². The van der Waals surface area contributed by atoms with Gasteiger partial charge in [-0.3, -0.25) is 0 Å². The van der Waals surface area contributed by atoms with Gasteiger partial charge in [0.2, 0.25) is 0 Å². The molecule has 1 aliphatic rings. The Morgan fingerprint density at radius 1 is 1.15 bits per heavy atom. The Kier molecular flexibility index (Phi) is 5.05. The molecule has 0 unspecified atom stereocenters. The van der Waals surface area contributed by atoms with Crippen LogP contribution in [0.15, 0.2) is 54.9 Å². The molecule has 26 heavy (non-hydrogen) atoms. The van der Waals surface area contributed by atoms with Crippen molar-refractivity contribution >= 4 is 11.0 Å². The van der Waals surface area contributed by atoms with Gasteiger partial charge in [0.05, 0.1) is 6.10 Å². The summed E-state index contributed by atoms with van der Waals surface area (Å²) in [5.74, 6) is 0.738. The number of fused-ring (bicyclic) bond motifs is 1. The zero-order valence-corrected chi connectivity index (χ0v) is 15.3. The first-order valence-electron chi connectivity index (χ1n) is 9.59. The fraction of sp³-hybridized carbons (Fsp3) is 0.409. The number of benzene rings is 1. The van der Waals surface area contributed by atoms with Gasteiger partial charge in [-0.1, -0.05) is 37.3 Å². The number of nitrogens with zero attached hydrogens (tertiary/aromatic N) is 2. The lowest BCUT2D eigenvalue weighted by Crippen LogP contribution is -2.40. The second-order valence-corrected chi connectivity index (χ2v) is 7.49. The van der Waals surface area contributed by atoms with Crippen LogP contribution in [0.2, 0.25) is 0 Å². The molecule has 2 aromatic heterocycles. The molecule has 4 rings (SSSR count). The van der Waals surface area contributed by atoms with Crippen molar-refractivity contribution in [2.75, 3.05) is 19.6 Å². The van der Waals surface area contributed by atoms with Crippen molar-refractivity contribution in [1.82, 2.24) is 14.9 Å². The predicted octanol–water partition coefficient (Wildman–Crippen LogP) is 3.91. The van der Waals surface area contributed by atoms with Crippen molar-refractivity contribution in [3.63, 3.8) is 0 Å². The molecular weight excluding hydrogens is 322 g/mol. The van der Waals surface area contributed by atoms with E-state index in [1.165, 1.54) is 16.5 Å².